The summed E-state index contributed by atoms with van der Waals surface area (Å²) >= 11 is 7.50. The third kappa shape index (κ3) is 6.25. The summed E-state index contributed by atoms with van der Waals surface area (Å²) in [6.45, 7) is 5.03. The van der Waals surface area contributed by atoms with Gasteiger partial charge in [0.15, 0.2) is 0 Å². The van der Waals surface area contributed by atoms with Gasteiger partial charge >= 0.3 is 0 Å². The lowest BCUT2D eigenvalue weighted by atomic mass is 9.97. The third-order valence-electron chi connectivity index (χ3n) is 6.35. The second kappa shape index (κ2) is 10.8. The van der Waals surface area contributed by atoms with Crippen LogP contribution in [0.1, 0.15) is 65.3 Å². The summed E-state index contributed by atoms with van der Waals surface area (Å²) < 4.78 is 5.16. The quantitative estimate of drug-likeness (QED) is 0.482. The van der Waals surface area contributed by atoms with Crippen LogP contribution in [0.25, 0.3) is 0 Å². The van der Waals surface area contributed by atoms with Crippen molar-refractivity contribution in [3.05, 3.63) is 44.9 Å². The Bertz CT molecular complexity index is 988. The van der Waals surface area contributed by atoms with Crippen molar-refractivity contribution in [3.63, 3.8) is 0 Å². The molecule has 3 heterocycles. The van der Waals surface area contributed by atoms with Crippen LogP contribution < -0.4 is 16.0 Å². The zero-order valence-corrected chi connectivity index (χ0v) is 20.6. The van der Waals surface area contributed by atoms with Gasteiger partial charge in [0.25, 0.3) is 5.91 Å². The van der Waals surface area contributed by atoms with Gasteiger partial charge in [0, 0.05) is 11.1 Å². The van der Waals surface area contributed by atoms with Crippen molar-refractivity contribution in [2.45, 2.75) is 64.1 Å². The molecule has 1 saturated carbocycles. The Kier molecular flexibility index (Phi) is 7.88. The van der Waals surface area contributed by atoms with E-state index in [-0.39, 0.29) is 23.9 Å². The van der Waals surface area contributed by atoms with Crippen LogP contribution in [-0.4, -0.2) is 42.1 Å². The van der Waals surface area contributed by atoms with Gasteiger partial charge in [-0.1, -0.05) is 37.3 Å². The molecule has 9 heteroatoms. The first-order chi connectivity index (χ1) is 15.9. The molecular formula is C24H31ClN4O3S. The van der Waals surface area contributed by atoms with Crippen molar-refractivity contribution in [2.75, 3.05) is 18.5 Å². The van der Waals surface area contributed by atoms with E-state index in [0.29, 0.717) is 35.5 Å². The number of carbonyl (C=O) groups excluding carboxylic acids is 2. The van der Waals surface area contributed by atoms with E-state index in [2.05, 4.69) is 20.9 Å². The second-order valence-electron chi connectivity index (χ2n) is 9.01. The lowest BCUT2D eigenvalue weighted by Crippen LogP contribution is -2.55. The highest BCUT2D eigenvalue weighted by atomic mass is 35.5. The van der Waals surface area contributed by atoms with Crippen molar-refractivity contribution >= 4 is 40.4 Å². The predicted molar refractivity (Wildman–Crippen MR) is 131 cm³/mol. The van der Waals surface area contributed by atoms with Gasteiger partial charge < -0.3 is 20.7 Å². The highest BCUT2D eigenvalue weighted by Crippen LogP contribution is 2.30. The van der Waals surface area contributed by atoms with Crippen molar-refractivity contribution < 1.29 is 14.3 Å². The molecule has 2 unspecified atom stereocenters. The number of ether oxygens (including phenoxy) is 1. The van der Waals surface area contributed by atoms with E-state index in [0.717, 1.165) is 29.1 Å². The fourth-order valence-electron chi connectivity index (χ4n) is 4.33. The predicted octanol–water partition coefficient (Wildman–Crippen LogP) is 4.47. The molecule has 2 fully saturated rings. The largest absolute Gasteiger partial charge is 0.377 e. The molecule has 33 heavy (non-hydrogen) atoms. The first-order valence-electron chi connectivity index (χ1n) is 11.6. The van der Waals surface area contributed by atoms with E-state index in [9.17, 15) is 9.59 Å². The van der Waals surface area contributed by atoms with Crippen molar-refractivity contribution in [2.24, 2.45) is 5.92 Å². The number of halogens is 1. The van der Waals surface area contributed by atoms with E-state index < -0.39 is 6.04 Å². The summed E-state index contributed by atoms with van der Waals surface area (Å²) in [5.74, 6) is 0.165. The molecule has 0 aromatic carbocycles. The normalized spacial score (nSPS) is 18.4. The minimum Gasteiger partial charge on any atom is -0.377 e. The summed E-state index contributed by atoms with van der Waals surface area (Å²) in [7, 11) is 0. The second-order valence-corrected chi connectivity index (χ2v) is 10.6. The molecule has 0 bridgehead atoms. The van der Waals surface area contributed by atoms with Gasteiger partial charge in [-0.3, -0.25) is 14.6 Å². The summed E-state index contributed by atoms with van der Waals surface area (Å²) in [4.78, 5) is 31.8. The number of carbonyl (C=O) groups is 2. The van der Waals surface area contributed by atoms with Gasteiger partial charge in [-0.25, -0.2) is 0 Å². The number of pyridine rings is 1. The molecule has 0 spiro atoms. The fourth-order valence-corrected chi connectivity index (χ4v) is 5.40. The Morgan fingerprint density at radius 2 is 2.03 bits per heavy atom. The molecule has 7 nitrogen and oxygen atoms in total. The number of hydrogen-bond donors (Lipinski definition) is 3. The molecule has 1 aliphatic carbocycles. The smallest absolute Gasteiger partial charge is 0.262 e. The molecule has 178 valence electrons. The van der Waals surface area contributed by atoms with Crippen LogP contribution in [0.4, 0.5) is 5.69 Å². The van der Waals surface area contributed by atoms with E-state index in [1.54, 1.807) is 6.20 Å². The molecular weight excluding hydrogens is 460 g/mol. The number of aromatic nitrogens is 1. The van der Waals surface area contributed by atoms with Crippen LogP contribution in [0.3, 0.4) is 0 Å². The molecule has 2 aromatic rings. The van der Waals surface area contributed by atoms with E-state index >= 15 is 0 Å². The van der Waals surface area contributed by atoms with Crippen molar-refractivity contribution in [1.29, 1.82) is 0 Å². The zero-order valence-electron chi connectivity index (χ0n) is 19.0. The van der Waals surface area contributed by atoms with Crippen LogP contribution in [0.5, 0.6) is 0 Å². The Labute approximate surface area is 203 Å². The van der Waals surface area contributed by atoms with Gasteiger partial charge in [0.2, 0.25) is 5.91 Å². The minimum atomic E-state index is -0.525. The number of nitrogens with one attached hydrogen (secondary N) is 3. The standard InChI is InChI=1S/C24H31ClN4O3S/c1-14-19(10-17(25)11-26-14)27-15(2)21-7-8-22(33-21)24(31)29-20(9-16-5-3-4-6-16)23(30)28-18-12-32-13-18/h7-8,10-11,15-16,18,20,27H,3-6,9,12-13H2,1-2H3,(H,28,30)(H,29,31). The van der Waals surface area contributed by atoms with Gasteiger partial charge in [0.1, 0.15) is 6.04 Å². The Balaban J connectivity index is 1.40. The minimum absolute atomic E-state index is 0.0216. The summed E-state index contributed by atoms with van der Waals surface area (Å²) in [5.41, 5.74) is 1.72. The lowest BCUT2D eigenvalue weighted by molar-refractivity contribution is -0.127. The number of hydrogen-bond acceptors (Lipinski definition) is 6. The van der Waals surface area contributed by atoms with Crippen molar-refractivity contribution in [3.8, 4) is 0 Å². The topological polar surface area (TPSA) is 92.4 Å². The monoisotopic (exact) mass is 490 g/mol. The average molecular weight is 491 g/mol. The maximum Gasteiger partial charge on any atom is 0.262 e. The van der Waals surface area contributed by atoms with Crippen LogP contribution in [-0.2, 0) is 9.53 Å². The number of aryl methyl sites for hydroxylation is 1. The molecule has 0 radical (unpaired) electrons. The maximum atomic E-state index is 13.0. The number of nitrogens with zero attached hydrogens (tertiary/aromatic N) is 1. The van der Waals surface area contributed by atoms with Gasteiger partial charge in [-0.05, 0) is 44.4 Å². The van der Waals surface area contributed by atoms with Crippen LogP contribution in [0.2, 0.25) is 5.02 Å². The van der Waals surface area contributed by atoms with E-state index in [1.165, 1.54) is 24.2 Å². The Morgan fingerprint density at radius 3 is 2.73 bits per heavy atom. The summed E-state index contributed by atoms with van der Waals surface area (Å²) in [5, 5.41) is 10.00. The highest BCUT2D eigenvalue weighted by Gasteiger charge is 2.30. The molecule has 2 atom stereocenters. The maximum absolute atomic E-state index is 13.0. The molecule has 1 saturated heterocycles. The first-order valence-corrected chi connectivity index (χ1v) is 12.8. The van der Waals surface area contributed by atoms with Crippen molar-refractivity contribution in [1.82, 2.24) is 15.6 Å². The van der Waals surface area contributed by atoms with Gasteiger partial charge in [-0.15, -0.1) is 11.3 Å². The van der Waals surface area contributed by atoms with Gasteiger partial charge in [-0.2, -0.15) is 0 Å². The average Bonchev–Trinajstić information content (AvgIpc) is 3.45. The number of anilines is 1. The molecule has 3 N–H and O–H groups in total. The number of amides is 2. The summed E-state index contributed by atoms with van der Waals surface area (Å²) in [6, 6.07) is 5.11. The van der Waals surface area contributed by atoms with Crippen LogP contribution in [0.15, 0.2) is 24.4 Å². The Morgan fingerprint density at radius 1 is 1.27 bits per heavy atom. The van der Waals surface area contributed by atoms with E-state index in [4.69, 9.17) is 16.3 Å². The molecule has 1 aliphatic heterocycles. The SMILES string of the molecule is Cc1ncc(Cl)cc1NC(C)c1ccc(C(=O)NC(CC2CCCC2)C(=O)NC2COC2)s1. The fraction of sp³-hybridized carbons (Fsp3) is 0.542. The Hall–Kier alpha value is -2.16. The highest BCUT2D eigenvalue weighted by molar-refractivity contribution is 7.14. The molecule has 2 amide bonds. The summed E-state index contributed by atoms with van der Waals surface area (Å²) in [6.07, 6.45) is 6.94. The number of rotatable bonds is 9. The zero-order chi connectivity index (χ0) is 23.4. The third-order valence-corrected chi connectivity index (χ3v) is 7.83. The molecule has 2 aliphatic rings. The molecule has 2 aromatic heterocycles. The number of thiophene rings is 1. The lowest BCUT2D eigenvalue weighted by Gasteiger charge is -2.29. The van der Waals surface area contributed by atoms with E-state index in [1.807, 2.05) is 32.0 Å². The molecule has 4 rings (SSSR count). The van der Waals surface area contributed by atoms with Crippen LogP contribution in [0, 0.1) is 12.8 Å². The van der Waals surface area contributed by atoms with Crippen LogP contribution >= 0.6 is 22.9 Å². The van der Waals surface area contributed by atoms with Gasteiger partial charge in [0.05, 0.1) is 46.6 Å². The first kappa shape index (κ1) is 24.0.